The molecule has 1 aromatic carbocycles. The van der Waals surface area contributed by atoms with Crippen molar-refractivity contribution in [1.29, 1.82) is 0 Å². The molecule has 0 atom stereocenters. The van der Waals surface area contributed by atoms with Crippen LogP contribution in [0.3, 0.4) is 0 Å². The van der Waals surface area contributed by atoms with Gasteiger partial charge in [-0.1, -0.05) is 31.3 Å². The number of benzene rings is 1. The molecule has 0 fully saturated rings. The summed E-state index contributed by atoms with van der Waals surface area (Å²) in [5.41, 5.74) is 2.02. The van der Waals surface area contributed by atoms with Crippen LogP contribution in [0.5, 0.6) is 5.75 Å². The Bertz CT molecular complexity index is 413. The zero-order valence-electron chi connectivity index (χ0n) is 9.57. The molecule has 0 spiro atoms. The Labute approximate surface area is 100 Å². The Kier molecular flexibility index (Phi) is 4.43. The molecular weight excluding hydrogens is 224 g/mol. The van der Waals surface area contributed by atoms with E-state index >= 15 is 0 Å². The van der Waals surface area contributed by atoms with E-state index in [-0.39, 0.29) is 4.86 Å². The standard InChI is InChI=1S/C12H14O3S/c1-4-11(16)12(13)15-14-10-7-5-6-8(2)9(10)3/h5-7H,4H2,1-3H3. The van der Waals surface area contributed by atoms with Gasteiger partial charge in [-0.2, -0.15) is 0 Å². The molecule has 1 rings (SSSR count). The fourth-order valence-corrected chi connectivity index (χ4v) is 1.12. The van der Waals surface area contributed by atoms with Gasteiger partial charge in [0.25, 0.3) is 0 Å². The summed E-state index contributed by atoms with van der Waals surface area (Å²) in [5.74, 6) is -0.0642. The molecule has 0 aromatic heterocycles. The van der Waals surface area contributed by atoms with Crippen LogP contribution >= 0.6 is 12.2 Å². The third-order valence-corrected chi connectivity index (χ3v) is 2.77. The van der Waals surface area contributed by atoms with Gasteiger partial charge in [-0.25, -0.2) is 9.68 Å². The highest BCUT2D eigenvalue weighted by atomic mass is 32.1. The molecule has 4 heteroatoms. The van der Waals surface area contributed by atoms with Crippen LogP contribution in [-0.4, -0.2) is 10.8 Å². The molecule has 0 aliphatic rings. The second kappa shape index (κ2) is 5.61. The normalized spacial score (nSPS) is 9.69. The van der Waals surface area contributed by atoms with E-state index in [1.807, 2.05) is 26.0 Å². The first kappa shape index (κ1) is 12.6. The summed E-state index contributed by atoms with van der Waals surface area (Å²) in [6.45, 7) is 5.65. The molecule has 0 amide bonds. The second-order valence-electron chi connectivity index (χ2n) is 3.43. The lowest BCUT2D eigenvalue weighted by Crippen LogP contribution is -2.16. The zero-order valence-corrected chi connectivity index (χ0v) is 10.4. The first-order chi connectivity index (χ1) is 7.56. The molecular formula is C12H14O3S. The van der Waals surface area contributed by atoms with Gasteiger partial charge in [-0.3, -0.25) is 4.89 Å². The van der Waals surface area contributed by atoms with Crippen LogP contribution < -0.4 is 4.89 Å². The van der Waals surface area contributed by atoms with Gasteiger partial charge in [0, 0.05) is 0 Å². The summed E-state index contributed by atoms with van der Waals surface area (Å²) in [6, 6.07) is 5.54. The van der Waals surface area contributed by atoms with Crippen LogP contribution in [0.4, 0.5) is 0 Å². The molecule has 0 aliphatic carbocycles. The summed E-state index contributed by atoms with van der Waals surface area (Å²) < 4.78 is 0. The van der Waals surface area contributed by atoms with Crippen LogP contribution in [0, 0.1) is 13.8 Å². The first-order valence-corrected chi connectivity index (χ1v) is 5.45. The molecule has 16 heavy (non-hydrogen) atoms. The minimum Gasteiger partial charge on any atom is -0.286 e. The monoisotopic (exact) mass is 238 g/mol. The number of carbonyl (C=O) groups is 1. The van der Waals surface area contributed by atoms with E-state index in [1.54, 1.807) is 13.0 Å². The third kappa shape index (κ3) is 3.03. The van der Waals surface area contributed by atoms with Crippen molar-refractivity contribution in [2.75, 3.05) is 0 Å². The Morgan fingerprint density at radius 2 is 2.06 bits per heavy atom. The Morgan fingerprint density at radius 3 is 2.69 bits per heavy atom. The molecule has 0 unspecified atom stereocenters. The minimum atomic E-state index is -0.599. The van der Waals surface area contributed by atoms with Crippen molar-refractivity contribution < 1.29 is 14.6 Å². The van der Waals surface area contributed by atoms with E-state index < -0.39 is 5.97 Å². The largest absolute Gasteiger partial charge is 0.392 e. The number of carbonyl (C=O) groups excluding carboxylic acids is 1. The summed E-state index contributed by atoms with van der Waals surface area (Å²) in [4.78, 5) is 21.1. The summed E-state index contributed by atoms with van der Waals surface area (Å²) in [7, 11) is 0. The number of hydrogen-bond donors (Lipinski definition) is 0. The summed E-state index contributed by atoms with van der Waals surface area (Å²) in [6.07, 6.45) is 0.477. The minimum absolute atomic E-state index is 0.227. The van der Waals surface area contributed by atoms with Crippen molar-refractivity contribution >= 4 is 23.1 Å². The van der Waals surface area contributed by atoms with Gasteiger partial charge < -0.3 is 0 Å². The molecule has 0 heterocycles. The molecule has 3 nitrogen and oxygen atoms in total. The highest BCUT2D eigenvalue weighted by Gasteiger charge is 2.11. The van der Waals surface area contributed by atoms with Gasteiger partial charge in [0.1, 0.15) is 4.86 Å². The molecule has 0 saturated carbocycles. The van der Waals surface area contributed by atoms with Crippen molar-refractivity contribution in [2.45, 2.75) is 27.2 Å². The van der Waals surface area contributed by atoms with Gasteiger partial charge in [0.2, 0.25) is 0 Å². The SMILES string of the molecule is CCC(=S)C(=O)OOc1cccc(C)c1C. The third-order valence-electron chi connectivity index (χ3n) is 2.31. The molecule has 86 valence electrons. The highest BCUT2D eigenvalue weighted by molar-refractivity contribution is 7.82. The topological polar surface area (TPSA) is 35.5 Å². The zero-order chi connectivity index (χ0) is 12.1. The molecule has 0 aliphatic heterocycles. The molecule has 0 saturated heterocycles. The van der Waals surface area contributed by atoms with Crippen LogP contribution in [0.25, 0.3) is 0 Å². The number of thiocarbonyl (C=S) groups is 1. The lowest BCUT2D eigenvalue weighted by Gasteiger charge is -2.08. The molecule has 0 radical (unpaired) electrons. The molecule has 0 N–H and O–H groups in total. The first-order valence-electron chi connectivity index (χ1n) is 5.04. The van der Waals surface area contributed by atoms with Gasteiger partial charge >= 0.3 is 5.97 Å². The lowest BCUT2D eigenvalue weighted by molar-refractivity contribution is -0.204. The highest BCUT2D eigenvalue weighted by Crippen LogP contribution is 2.20. The van der Waals surface area contributed by atoms with E-state index in [4.69, 9.17) is 17.1 Å². The average Bonchev–Trinajstić information content (AvgIpc) is 2.29. The van der Waals surface area contributed by atoms with Gasteiger partial charge in [0.15, 0.2) is 5.75 Å². The lowest BCUT2D eigenvalue weighted by atomic mass is 10.1. The van der Waals surface area contributed by atoms with Gasteiger partial charge in [-0.05, 0) is 37.5 Å². The van der Waals surface area contributed by atoms with Crippen molar-refractivity contribution in [2.24, 2.45) is 0 Å². The maximum absolute atomic E-state index is 11.3. The van der Waals surface area contributed by atoms with Gasteiger partial charge in [-0.15, -0.1) is 0 Å². The average molecular weight is 238 g/mol. The maximum atomic E-state index is 11.3. The van der Waals surface area contributed by atoms with Crippen LogP contribution in [-0.2, 0) is 9.68 Å². The van der Waals surface area contributed by atoms with Crippen molar-refractivity contribution in [3.63, 3.8) is 0 Å². The fraction of sp³-hybridized carbons (Fsp3) is 0.333. The molecule has 0 bridgehead atoms. The van der Waals surface area contributed by atoms with E-state index in [0.29, 0.717) is 12.2 Å². The van der Waals surface area contributed by atoms with Crippen LogP contribution in [0.2, 0.25) is 0 Å². The fourth-order valence-electron chi connectivity index (χ4n) is 1.09. The van der Waals surface area contributed by atoms with E-state index in [9.17, 15) is 4.79 Å². The van der Waals surface area contributed by atoms with Gasteiger partial charge in [0.05, 0.1) is 0 Å². The van der Waals surface area contributed by atoms with Crippen LogP contribution in [0.1, 0.15) is 24.5 Å². The second-order valence-corrected chi connectivity index (χ2v) is 3.92. The molecule has 1 aromatic rings. The predicted octanol–water partition coefficient (Wildman–Crippen LogP) is 2.92. The van der Waals surface area contributed by atoms with Crippen LogP contribution in [0.15, 0.2) is 18.2 Å². The smallest absolute Gasteiger partial charge is 0.286 e. The Hall–Kier alpha value is -1.42. The summed E-state index contributed by atoms with van der Waals surface area (Å²) >= 11 is 4.80. The number of hydrogen-bond acceptors (Lipinski definition) is 4. The van der Waals surface area contributed by atoms with Crippen molar-refractivity contribution in [3.05, 3.63) is 29.3 Å². The maximum Gasteiger partial charge on any atom is 0.392 e. The van der Waals surface area contributed by atoms with Crippen molar-refractivity contribution in [1.82, 2.24) is 0 Å². The quantitative estimate of drug-likeness (QED) is 0.459. The van der Waals surface area contributed by atoms with E-state index in [1.165, 1.54) is 0 Å². The predicted molar refractivity (Wildman–Crippen MR) is 65.5 cm³/mol. The van der Waals surface area contributed by atoms with E-state index in [2.05, 4.69) is 4.89 Å². The summed E-state index contributed by atoms with van der Waals surface area (Å²) in [5, 5.41) is 0. The number of aryl methyl sites for hydroxylation is 1. The Morgan fingerprint density at radius 1 is 1.38 bits per heavy atom. The number of rotatable bonds is 4. The Balaban J connectivity index is 2.65. The van der Waals surface area contributed by atoms with Crippen molar-refractivity contribution in [3.8, 4) is 5.75 Å². The van der Waals surface area contributed by atoms with E-state index in [0.717, 1.165) is 11.1 Å².